The average Bonchev–Trinajstić information content (AvgIpc) is 2.97. The Morgan fingerprint density at radius 2 is 2.13 bits per heavy atom. The van der Waals surface area contributed by atoms with Crippen molar-refractivity contribution < 1.29 is 9.53 Å². The number of hydrogen-bond donors (Lipinski definition) is 1. The molecule has 3 rings (SSSR count). The van der Waals surface area contributed by atoms with Gasteiger partial charge in [0.1, 0.15) is 0 Å². The molecule has 3 heterocycles. The van der Waals surface area contributed by atoms with E-state index < -0.39 is 0 Å². The van der Waals surface area contributed by atoms with E-state index >= 15 is 0 Å². The van der Waals surface area contributed by atoms with Crippen LogP contribution in [0.15, 0.2) is 24.5 Å². The second-order valence-electron chi connectivity index (χ2n) is 6.09. The molecule has 2 aromatic heterocycles. The molecule has 0 aromatic carbocycles. The maximum atomic E-state index is 12.7. The second kappa shape index (κ2) is 6.50. The molecule has 23 heavy (non-hydrogen) atoms. The van der Waals surface area contributed by atoms with Gasteiger partial charge in [0, 0.05) is 38.0 Å². The van der Waals surface area contributed by atoms with Crippen LogP contribution in [0.25, 0.3) is 0 Å². The van der Waals surface area contributed by atoms with Crippen LogP contribution >= 0.6 is 0 Å². The molecule has 0 bridgehead atoms. The van der Waals surface area contributed by atoms with Crippen molar-refractivity contribution in [2.75, 3.05) is 13.6 Å². The number of rotatable bonds is 4. The fraction of sp³-hybridized carbons (Fsp3) is 0.471. The lowest BCUT2D eigenvalue weighted by Gasteiger charge is -2.25. The summed E-state index contributed by atoms with van der Waals surface area (Å²) in [6, 6.07) is 3.94. The standard InChI is InChI=1S/C17H22N4O2/c1-11-10-14-15(12(2)23-11)19-20-16(14)17(22)21(3)9-6-13-4-7-18-8-5-13/h4-5,7-8,11-12H,6,9-10H2,1-3H3,(H,19,20)/t11-,12+/m1/s1. The number of ether oxygens (including phenoxy) is 1. The molecule has 0 fully saturated rings. The number of amides is 1. The van der Waals surface area contributed by atoms with Crippen LogP contribution in [0.2, 0.25) is 0 Å². The highest BCUT2D eigenvalue weighted by Crippen LogP contribution is 2.30. The minimum Gasteiger partial charge on any atom is -0.369 e. The number of hydrogen-bond acceptors (Lipinski definition) is 4. The number of nitrogens with one attached hydrogen (secondary N) is 1. The Balaban J connectivity index is 1.71. The lowest BCUT2D eigenvalue weighted by molar-refractivity contribution is -0.00701. The highest BCUT2D eigenvalue weighted by molar-refractivity contribution is 5.94. The zero-order chi connectivity index (χ0) is 16.4. The first kappa shape index (κ1) is 15.7. The summed E-state index contributed by atoms with van der Waals surface area (Å²) < 4.78 is 5.77. The van der Waals surface area contributed by atoms with E-state index in [1.807, 2.05) is 33.0 Å². The second-order valence-corrected chi connectivity index (χ2v) is 6.09. The van der Waals surface area contributed by atoms with Crippen LogP contribution in [0.1, 0.15) is 47.3 Å². The summed E-state index contributed by atoms with van der Waals surface area (Å²) in [4.78, 5) is 18.4. The van der Waals surface area contributed by atoms with Gasteiger partial charge in [0.05, 0.1) is 17.9 Å². The third-order valence-electron chi connectivity index (χ3n) is 4.27. The van der Waals surface area contributed by atoms with Crippen molar-refractivity contribution in [2.45, 2.75) is 38.9 Å². The van der Waals surface area contributed by atoms with Gasteiger partial charge in [0.25, 0.3) is 5.91 Å². The highest BCUT2D eigenvalue weighted by atomic mass is 16.5. The Hall–Kier alpha value is -2.21. The van der Waals surface area contributed by atoms with Crippen molar-refractivity contribution >= 4 is 5.91 Å². The van der Waals surface area contributed by atoms with Gasteiger partial charge in [0.2, 0.25) is 0 Å². The number of carbonyl (C=O) groups is 1. The first-order valence-corrected chi connectivity index (χ1v) is 7.93. The Kier molecular flexibility index (Phi) is 4.43. The van der Waals surface area contributed by atoms with Gasteiger partial charge >= 0.3 is 0 Å². The summed E-state index contributed by atoms with van der Waals surface area (Å²) in [5.41, 5.74) is 3.62. The quantitative estimate of drug-likeness (QED) is 0.938. The van der Waals surface area contributed by atoms with Crippen molar-refractivity contribution in [2.24, 2.45) is 0 Å². The first-order valence-electron chi connectivity index (χ1n) is 7.93. The Morgan fingerprint density at radius 3 is 2.87 bits per heavy atom. The molecule has 0 spiro atoms. The summed E-state index contributed by atoms with van der Waals surface area (Å²) in [6.45, 7) is 4.65. The van der Waals surface area contributed by atoms with E-state index in [1.165, 1.54) is 5.56 Å². The van der Waals surface area contributed by atoms with Crippen LogP contribution in [0.5, 0.6) is 0 Å². The third-order valence-corrected chi connectivity index (χ3v) is 4.27. The zero-order valence-corrected chi connectivity index (χ0v) is 13.7. The van der Waals surface area contributed by atoms with Gasteiger partial charge < -0.3 is 9.64 Å². The van der Waals surface area contributed by atoms with Gasteiger partial charge in [-0.1, -0.05) is 0 Å². The number of carbonyl (C=O) groups excluding carboxylic acids is 1. The number of pyridine rings is 1. The van der Waals surface area contributed by atoms with Gasteiger partial charge in [0.15, 0.2) is 5.69 Å². The summed E-state index contributed by atoms with van der Waals surface area (Å²) in [7, 11) is 1.82. The normalized spacial score (nSPS) is 20.1. The number of nitrogens with zero attached hydrogens (tertiary/aromatic N) is 3. The topological polar surface area (TPSA) is 71.1 Å². The molecule has 6 heteroatoms. The molecule has 0 unspecified atom stereocenters. The minimum absolute atomic E-state index is 0.0437. The highest BCUT2D eigenvalue weighted by Gasteiger charge is 2.30. The number of aromatic nitrogens is 3. The van der Waals surface area contributed by atoms with Crippen LogP contribution in [0, 0.1) is 0 Å². The van der Waals surface area contributed by atoms with E-state index in [0.717, 1.165) is 24.1 Å². The van der Waals surface area contributed by atoms with Crippen molar-refractivity contribution in [1.82, 2.24) is 20.1 Å². The van der Waals surface area contributed by atoms with Gasteiger partial charge in [-0.05, 0) is 38.0 Å². The molecule has 0 saturated heterocycles. The lowest BCUT2D eigenvalue weighted by Crippen LogP contribution is -2.31. The van der Waals surface area contributed by atoms with Crippen molar-refractivity contribution in [1.29, 1.82) is 0 Å². The van der Waals surface area contributed by atoms with Gasteiger partial charge in [-0.3, -0.25) is 14.9 Å². The third kappa shape index (κ3) is 3.27. The van der Waals surface area contributed by atoms with E-state index in [0.29, 0.717) is 12.2 Å². The van der Waals surface area contributed by atoms with Crippen LogP contribution in [-0.2, 0) is 17.6 Å². The molecule has 0 aliphatic carbocycles. The SMILES string of the molecule is C[C@@H]1Cc2c(C(=O)N(C)CCc3ccncc3)n[nH]c2[C@H](C)O1. The van der Waals surface area contributed by atoms with Crippen molar-refractivity contribution in [3.8, 4) is 0 Å². The molecular weight excluding hydrogens is 292 g/mol. The van der Waals surface area contributed by atoms with Crippen LogP contribution < -0.4 is 0 Å². The largest absolute Gasteiger partial charge is 0.369 e. The molecule has 0 saturated carbocycles. The fourth-order valence-electron chi connectivity index (χ4n) is 2.98. The van der Waals surface area contributed by atoms with Gasteiger partial charge in [-0.15, -0.1) is 0 Å². The molecule has 1 N–H and O–H groups in total. The monoisotopic (exact) mass is 314 g/mol. The van der Waals surface area contributed by atoms with Gasteiger partial charge in [-0.25, -0.2) is 0 Å². The molecule has 0 radical (unpaired) electrons. The van der Waals surface area contributed by atoms with Crippen molar-refractivity contribution in [3.05, 3.63) is 47.0 Å². The van der Waals surface area contributed by atoms with E-state index in [2.05, 4.69) is 15.2 Å². The summed E-state index contributed by atoms with van der Waals surface area (Å²) in [5, 5.41) is 7.23. The molecule has 122 valence electrons. The first-order chi connectivity index (χ1) is 11.1. The fourth-order valence-corrected chi connectivity index (χ4v) is 2.98. The van der Waals surface area contributed by atoms with Crippen LogP contribution in [-0.4, -0.2) is 45.7 Å². The maximum absolute atomic E-state index is 12.7. The Morgan fingerprint density at radius 1 is 1.39 bits per heavy atom. The molecule has 1 amide bonds. The summed E-state index contributed by atoms with van der Waals surface area (Å²) >= 11 is 0. The van der Waals surface area contributed by atoms with Crippen LogP contribution in [0.3, 0.4) is 0 Å². The Labute approximate surface area is 135 Å². The number of likely N-dealkylation sites (N-methyl/N-ethyl adjacent to an activating group) is 1. The average molecular weight is 314 g/mol. The van der Waals surface area contributed by atoms with Crippen LogP contribution in [0.4, 0.5) is 0 Å². The van der Waals surface area contributed by atoms with Gasteiger partial charge in [-0.2, -0.15) is 5.10 Å². The minimum atomic E-state index is -0.0510. The molecular formula is C17H22N4O2. The molecule has 1 aliphatic heterocycles. The van der Waals surface area contributed by atoms with E-state index in [4.69, 9.17) is 4.74 Å². The van der Waals surface area contributed by atoms with Crippen molar-refractivity contribution in [3.63, 3.8) is 0 Å². The number of aromatic amines is 1. The molecule has 6 nitrogen and oxygen atoms in total. The predicted molar refractivity (Wildman–Crippen MR) is 86.2 cm³/mol. The smallest absolute Gasteiger partial charge is 0.274 e. The predicted octanol–water partition coefficient (Wildman–Crippen LogP) is 2.14. The van der Waals surface area contributed by atoms with E-state index in [-0.39, 0.29) is 18.1 Å². The summed E-state index contributed by atoms with van der Waals surface area (Å²) in [5.74, 6) is -0.0437. The zero-order valence-electron chi connectivity index (χ0n) is 13.7. The number of H-pyrrole nitrogens is 1. The van der Waals surface area contributed by atoms with E-state index in [1.54, 1.807) is 17.3 Å². The number of fused-ring (bicyclic) bond motifs is 1. The molecule has 2 atom stereocenters. The maximum Gasteiger partial charge on any atom is 0.274 e. The lowest BCUT2D eigenvalue weighted by atomic mass is 9.99. The van der Waals surface area contributed by atoms with E-state index in [9.17, 15) is 4.79 Å². The molecule has 2 aromatic rings. The Bertz CT molecular complexity index is 683. The summed E-state index contributed by atoms with van der Waals surface area (Å²) in [6.07, 6.45) is 5.10. The molecule has 1 aliphatic rings.